The Morgan fingerprint density at radius 3 is 2.28 bits per heavy atom. The monoisotopic (exact) mass is 246 g/mol. The lowest BCUT2D eigenvalue weighted by Gasteiger charge is -2.05. The number of hydrogen-bond donors (Lipinski definition) is 0. The number of benzene rings is 1. The zero-order chi connectivity index (χ0) is 13.5. The zero-order valence-electron chi connectivity index (χ0n) is 11.0. The minimum Gasteiger partial charge on any atom is -0.423 e. The summed E-state index contributed by atoms with van der Waals surface area (Å²) in [4.78, 5) is 22.4. The SMILES string of the molecule is CC=C(C)C(=O)Oc1ccc(CCC(C)=O)cc1. The van der Waals surface area contributed by atoms with E-state index in [0.29, 0.717) is 17.7 Å². The Balaban J connectivity index is 2.60. The largest absolute Gasteiger partial charge is 0.423 e. The van der Waals surface area contributed by atoms with Gasteiger partial charge in [-0.05, 0) is 44.9 Å². The maximum Gasteiger partial charge on any atom is 0.338 e. The number of rotatable bonds is 5. The first-order valence-corrected chi connectivity index (χ1v) is 5.96. The number of esters is 1. The first-order valence-electron chi connectivity index (χ1n) is 5.96. The van der Waals surface area contributed by atoms with Crippen LogP contribution in [0.2, 0.25) is 0 Å². The highest BCUT2D eigenvalue weighted by Gasteiger charge is 2.06. The van der Waals surface area contributed by atoms with Crippen LogP contribution in [0.3, 0.4) is 0 Å². The average molecular weight is 246 g/mol. The molecule has 96 valence electrons. The van der Waals surface area contributed by atoms with E-state index in [4.69, 9.17) is 4.74 Å². The number of hydrogen-bond acceptors (Lipinski definition) is 3. The molecule has 0 N–H and O–H groups in total. The van der Waals surface area contributed by atoms with Crippen LogP contribution in [-0.4, -0.2) is 11.8 Å². The lowest BCUT2D eigenvalue weighted by atomic mass is 10.1. The summed E-state index contributed by atoms with van der Waals surface area (Å²) in [6, 6.07) is 7.24. The third-order valence-electron chi connectivity index (χ3n) is 2.65. The summed E-state index contributed by atoms with van der Waals surface area (Å²) in [5, 5.41) is 0. The summed E-state index contributed by atoms with van der Waals surface area (Å²) in [6.45, 7) is 5.08. The molecule has 0 aliphatic rings. The Morgan fingerprint density at radius 1 is 1.17 bits per heavy atom. The van der Waals surface area contributed by atoms with Gasteiger partial charge in [-0.25, -0.2) is 4.79 Å². The second kappa shape index (κ2) is 6.74. The first kappa shape index (κ1) is 14.2. The summed E-state index contributed by atoms with van der Waals surface area (Å²) in [6.07, 6.45) is 2.97. The van der Waals surface area contributed by atoms with E-state index in [1.54, 1.807) is 39.0 Å². The van der Waals surface area contributed by atoms with Crippen molar-refractivity contribution >= 4 is 11.8 Å². The van der Waals surface area contributed by atoms with E-state index < -0.39 is 0 Å². The van der Waals surface area contributed by atoms with Gasteiger partial charge in [-0.3, -0.25) is 0 Å². The lowest BCUT2D eigenvalue weighted by molar-refractivity contribution is -0.130. The normalized spacial score (nSPS) is 11.2. The number of ketones is 1. The second-order valence-corrected chi connectivity index (χ2v) is 4.21. The van der Waals surface area contributed by atoms with Gasteiger partial charge in [0, 0.05) is 12.0 Å². The van der Waals surface area contributed by atoms with E-state index in [9.17, 15) is 9.59 Å². The number of Topliss-reactive ketones (excluding diaryl/α,β-unsaturated/α-hetero) is 1. The summed E-state index contributed by atoms with van der Waals surface area (Å²) in [5.74, 6) is 0.357. The highest BCUT2D eigenvalue weighted by atomic mass is 16.5. The van der Waals surface area contributed by atoms with Crippen molar-refractivity contribution in [2.45, 2.75) is 33.6 Å². The summed E-state index contributed by atoms with van der Waals surface area (Å²) in [5.41, 5.74) is 1.64. The molecule has 0 aliphatic carbocycles. The second-order valence-electron chi connectivity index (χ2n) is 4.21. The maximum atomic E-state index is 11.5. The lowest BCUT2D eigenvalue weighted by Crippen LogP contribution is -2.08. The molecule has 0 heterocycles. The topological polar surface area (TPSA) is 43.4 Å². The van der Waals surface area contributed by atoms with Crippen molar-refractivity contribution < 1.29 is 14.3 Å². The minimum absolute atomic E-state index is 0.175. The van der Waals surface area contributed by atoms with Gasteiger partial charge in [-0.15, -0.1) is 0 Å². The molecule has 18 heavy (non-hydrogen) atoms. The molecular weight excluding hydrogens is 228 g/mol. The highest BCUT2D eigenvalue weighted by Crippen LogP contribution is 2.15. The Hall–Kier alpha value is -1.90. The summed E-state index contributed by atoms with van der Waals surface area (Å²) >= 11 is 0. The Morgan fingerprint density at radius 2 is 1.78 bits per heavy atom. The summed E-state index contributed by atoms with van der Waals surface area (Å²) in [7, 11) is 0. The fourth-order valence-electron chi connectivity index (χ4n) is 1.35. The van der Waals surface area contributed by atoms with E-state index in [1.165, 1.54) is 0 Å². The van der Waals surface area contributed by atoms with Gasteiger partial charge >= 0.3 is 5.97 Å². The Bertz CT molecular complexity index is 455. The van der Waals surface area contributed by atoms with Crippen molar-refractivity contribution in [2.75, 3.05) is 0 Å². The molecule has 0 radical (unpaired) electrons. The summed E-state index contributed by atoms with van der Waals surface area (Å²) < 4.78 is 5.17. The van der Waals surface area contributed by atoms with Gasteiger partial charge in [0.05, 0.1) is 0 Å². The zero-order valence-corrected chi connectivity index (χ0v) is 11.0. The van der Waals surface area contributed by atoms with Crippen molar-refractivity contribution in [3.05, 3.63) is 41.5 Å². The molecule has 0 aromatic heterocycles. The van der Waals surface area contributed by atoms with Gasteiger partial charge in [0.25, 0.3) is 0 Å². The fourth-order valence-corrected chi connectivity index (χ4v) is 1.35. The van der Waals surface area contributed by atoms with Crippen LogP contribution in [0.15, 0.2) is 35.9 Å². The number of ether oxygens (including phenoxy) is 1. The van der Waals surface area contributed by atoms with Gasteiger partial charge in [-0.2, -0.15) is 0 Å². The molecule has 1 aromatic rings. The molecule has 0 spiro atoms. The Kier molecular flexibility index (Phi) is 5.31. The quantitative estimate of drug-likeness (QED) is 0.455. The molecule has 3 nitrogen and oxygen atoms in total. The van der Waals surface area contributed by atoms with Crippen LogP contribution >= 0.6 is 0 Å². The maximum absolute atomic E-state index is 11.5. The van der Waals surface area contributed by atoms with Crippen molar-refractivity contribution in [1.82, 2.24) is 0 Å². The molecule has 0 atom stereocenters. The molecule has 0 bridgehead atoms. The molecule has 1 aromatic carbocycles. The van der Waals surface area contributed by atoms with Crippen LogP contribution in [0.25, 0.3) is 0 Å². The van der Waals surface area contributed by atoms with Crippen molar-refractivity contribution in [3.8, 4) is 5.75 Å². The third-order valence-corrected chi connectivity index (χ3v) is 2.65. The highest BCUT2D eigenvalue weighted by molar-refractivity contribution is 5.89. The van der Waals surface area contributed by atoms with Crippen LogP contribution in [0, 0.1) is 0 Å². The van der Waals surface area contributed by atoms with E-state index in [1.807, 2.05) is 12.1 Å². The third kappa shape index (κ3) is 4.53. The van der Waals surface area contributed by atoms with E-state index in [2.05, 4.69) is 0 Å². The predicted molar refractivity (Wildman–Crippen MR) is 70.5 cm³/mol. The van der Waals surface area contributed by atoms with E-state index in [-0.39, 0.29) is 11.8 Å². The van der Waals surface area contributed by atoms with Crippen molar-refractivity contribution in [2.24, 2.45) is 0 Å². The molecule has 1 rings (SSSR count). The first-order chi connectivity index (χ1) is 8.52. The van der Waals surface area contributed by atoms with Crippen LogP contribution < -0.4 is 4.74 Å². The number of aryl methyl sites for hydroxylation is 1. The van der Waals surface area contributed by atoms with Gasteiger partial charge in [0.1, 0.15) is 11.5 Å². The smallest absolute Gasteiger partial charge is 0.338 e. The molecule has 0 saturated carbocycles. The number of carbonyl (C=O) groups excluding carboxylic acids is 2. The van der Waals surface area contributed by atoms with Crippen LogP contribution in [0.4, 0.5) is 0 Å². The molecule has 0 fully saturated rings. The Labute approximate surface area is 107 Å². The van der Waals surface area contributed by atoms with E-state index in [0.717, 1.165) is 12.0 Å². The van der Waals surface area contributed by atoms with Crippen molar-refractivity contribution in [3.63, 3.8) is 0 Å². The van der Waals surface area contributed by atoms with Gasteiger partial charge < -0.3 is 9.53 Å². The minimum atomic E-state index is -0.339. The van der Waals surface area contributed by atoms with Gasteiger partial charge in [0.15, 0.2) is 0 Å². The molecule has 0 amide bonds. The molecular formula is C15H18O3. The molecule has 0 saturated heterocycles. The van der Waals surface area contributed by atoms with Gasteiger partial charge in [0.2, 0.25) is 0 Å². The van der Waals surface area contributed by atoms with Gasteiger partial charge in [-0.1, -0.05) is 18.2 Å². The van der Waals surface area contributed by atoms with Crippen molar-refractivity contribution in [1.29, 1.82) is 0 Å². The number of carbonyl (C=O) groups is 2. The standard InChI is InChI=1S/C15H18O3/c1-4-11(2)15(17)18-14-9-7-13(8-10-14)6-5-12(3)16/h4,7-10H,5-6H2,1-3H3. The van der Waals surface area contributed by atoms with Crippen LogP contribution in [0.1, 0.15) is 32.8 Å². The van der Waals surface area contributed by atoms with Crippen LogP contribution in [-0.2, 0) is 16.0 Å². The number of allylic oxidation sites excluding steroid dienone is 1. The van der Waals surface area contributed by atoms with E-state index >= 15 is 0 Å². The molecule has 0 unspecified atom stereocenters. The molecule has 3 heteroatoms. The average Bonchev–Trinajstić information content (AvgIpc) is 2.36. The van der Waals surface area contributed by atoms with Crippen LogP contribution in [0.5, 0.6) is 5.75 Å². The fraction of sp³-hybridized carbons (Fsp3) is 0.333. The molecule has 0 aliphatic heterocycles. The predicted octanol–water partition coefficient (Wildman–Crippen LogP) is 3.08.